The lowest BCUT2D eigenvalue weighted by Gasteiger charge is -2.23. The van der Waals surface area contributed by atoms with E-state index in [0.29, 0.717) is 0 Å². The van der Waals surface area contributed by atoms with Gasteiger partial charge in [-0.3, -0.25) is 0 Å². The molecule has 0 radical (unpaired) electrons. The highest BCUT2D eigenvalue weighted by molar-refractivity contribution is 5.74. The van der Waals surface area contributed by atoms with Crippen molar-refractivity contribution in [3.8, 4) is 0 Å². The number of carbonyl (C=O) groups is 1. The molecule has 0 spiro atoms. The number of hydrogen-bond donors (Lipinski definition) is 3. The van der Waals surface area contributed by atoms with Crippen molar-refractivity contribution in [2.24, 2.45) is 11.8 Å². The third kappa shape index (κ3) is 6.30. The van der Waals surface area contributed by atoms with Crippen LogP contribution in [0.25, 0.3) is 0 Å². The molecule has 2 amide bonds. The molecule has 0 bridgehead atoms. The molecule has 3 N–H and O–H groups in total. The normalized spacial score (nSPS) is 25.4. The van der Waals surface area contributed by atoms with Crippen LogP contribution in [-0.4, -0.2) is 54.4 Å². The molecule has 0 aromatic rings. The fraction of sp³-hybridized carbons (Fsp3) is 0.944. The molecule has 1 aliphatic heterocycles. The van der Waals surface area contributed by atoms with Crippen LogP contribution in [0.2, 0.25) is 0 Å². The minimum atomic E-state index is -0.0466. The van der Waals surface area contributed by atoms with Crippen LogP contribution in [0.5, 0.6) is 0 Å². The van der Waals surface area contributed by atoms with Crippen LogP contribution in [0, 0.1) is 11.8 Å². The Morgan fingerprint density at radius 3 is 2.70 bits per heavy atom. The van der Waals surface area contributed by atoms with Crippen molar-refractivity contribution >= 4 is 6.03 Å². The molecule has 3 unspecified atom stereocenters. The molecular formula is C18H35N3O2. The van der Waals surface area contributed by atoms with Crippen LogP contribution >= 0.6 is 0 Å². The number of carbonyl (C=O) groups excluding carboxylic acids is 1. The summed E-state index contributed by atoms with van der Waals surface area (Å²) >= 11 is 0. The average molecular weight is 325 g/mol. The first kappa shape index (κ1) is 18.5. The van der Waals surface area contributed by atoms with E-state index in [0.717, 1.165) is 38.3 Å². The summed E-state index contributed by atoms with van der Waals surface area (Å²) in [6.07, 6.45) is 8.35. The lowest BCUT2D eigenvalue weighted by Crippen LogP contribution is -2.47. The Morgan fingerprint density at radius 2 is 2.04 bits per heavy atom. The van der Waals surface area contributed by atoms with Crippen molar-refractivity contribution in [3.05, 3.63) is 0 Å². The predicted octanol–water partition coefficient (Wildman–Crippen LogP) is 2.35. The molecule has 5 nitrogen and oxygen atoms in total. The maximum atomic E-state index is 12.2. The molecule has 0 aromatic carbocycles. The van der Waals surface area contributed by atoms with Gasteiger partial charge in [-0.1, -0.05) is 26.7 Å². The van der Waals surface area contributed by atoms with E-state index < -0.39 is 0 Å². The molecule has 5 heteroatoms. The smallest absolute Gasteiger partial charge is 0.315 e. The van der Waals surface area contributed by atoms with E-state index in [1.165, 1.54) is 32.2 Å². The molecule has 0 aromatic heterocycles. The van der Waals surface area contributed by atoms with Gasteiger partial charge in [-0.15, -0.1) is 0 Å². The van der Waals surface area contributed by atoms with E-state index >= 15 is 0 Å². The highest BCUT2D eigenvalue weighted by Crippen LogP contribution is 2.26. The highest BCUT2D eigenvalue weighted by atomic mass is 16.3. The van der Waals surface area contributed by atoms with Gasteiger partial charge in [0.05, 0.1) is 0 Å². The minimum absolute atomic E-state index is 0.0466. The maximum Gasteiger partial charge on any atom is 0.315 e. The topological polar surface area (TPSA) is 64.6 Å². The van der Waals surface area contributed by atoms with Crippen LogP contribution in [0.15, 0.2) is 0 Å². The van der Waals surface area contributed by atoms with E-state index in [9.17, 15) is 4.79 Å². The van der Waals surface area contributed by atoms with E-state index in [2.05, 4.69) is 22.5 Å². The van der Waals surface area contributed by atoms with Gasteiger partial charge in [-0.05, 0) is 43.9 Å². The van der Waals surface area contributed by atoms with E-state index in [1.54, 1.807) is 0 Å². The van der Waals surface area contributed by atoms with Crippen molar-refractivity contribution in [3.63, 3.8) is 0 Å². The van der Waals surface area contributed by atoms with E-state index in [-0.39, 0.29) is 30.6 Å². The number of likely N-dealkylation sites (tertiary alicyclic amines) is 1. The molecule has 134 valence electrons. The fourth-order valence-corrected chi connectivity index (χ4v) is 3.97. The fourth-order valence-electron chi connectivity index (χ4n) is 3.97. The van der Waals surface area contributed by atoms with Crippen LogP contribution in [-0.2, 0) is 0 Å². The number of amides is 2. The van der Waals surface area contributed by atoms with Gasteiger partial charge >= 0.3 is 6.03 Å². The monoisotopic (exact) mass is 325 g/mol. The number of urea groups is 1. The van der Waals surface area contributed by atoms with Gasteiger partial charge in [0.2, 0.25) is 0 Å². The molecule has 1 aliphatic carbocycles. The first-order valence-electron chi connectivity index (χ1n) is 9.51. The standard InChI is InChI=1S/C18H35N3O2/c1-3-16(10-14(2)13-22)19-18(23)20-17-8-9-21(12-17)11-15-6-4-5-7-15/h14-17,22H,3-13H2,1-2H3,(H2,19,20,23). The Kier molecular flexibility index (Phi) is 7.63. The minimum Gasteiger partial charge on any atom is -0.396 e. The van der Waals surface area contributed by atoms with Crippen LogP contribution < -0.4 is 10.6 Å². The number of nitrogens with zero attached hydrogens (tertiary/aromatic N) is 1. The zero-order valence-electron chi connectivity index (χ0n) is 14.9. The maximum absolute atomic E-state index is 12.2. The zero-order chi connectivity index (χ0) is 16.7. The Labute approximate surface area is 141 Å². The van der Waals surface area contributed by atoms with E-state index in [1.807, 2.05) is 6.92 Å². The molecule has 3 atom stereocenters. The van der Waals surface area contributed by atoms with Gasteiger partial charge in [0, 0.05) is 38.3 Å². The first-order valence-corrected chi connectivity index (χ1v) is 9.51. The predicted molar refractivity (Wildman–Crippen MR) is 93.4 cm³/mol. The number of nitrogens with one attached hydrogen (secondary N) is 2. The van der Waals surface area contributed by atoms with Crippen LogP contribution in [0.4, 0.5) is 4.79 Å². The summed E-state index contributed by atoms with van der Waals surface area (Å²) < 4.78 is 0. The third-order valence-corrected chi connectivity index (χ3v) is 5.43. The van der Waals surface area contributed by atoms with Crippen molar-refractivity contribution in [2.45, 2.75) is 70.9 Å². The summed E-state index contributed by atoms with van der Waals surface area (Å²) in [5.41, 5.74) is 0. The zero-order valence-corrected chi connectivity index (χ0v) is 14.9. The second-order valence-corrected chi connectivity index (χ2v) is 7.64. The lowest BCUT2D eigenvalue weighted by atomic mass is 10.0. The summed E-state index contributed by atoms with van der Waals surface area (Å²) in [6, 6.07) is 0.382. The first-order chi connectivity index (χ1) is 11.1. The molecular weight excluding hydrogens is 290 g/mol. The highest BCUT2D eigenvalue weighted by Gasteiger charge is 2.27. The number of aliphatic hydroxyl groups is 1. The van der Waals surface area contributed by atoms with Gasteiger partial charge < -0.3 is 20.6 Å². The molecule has 1 heterocycles. The van der Waals surface area contributed by atoms with E-state index in [4.69, 9.17) is 5.11 Å². The second kappa shape index (κ2) is 9.48. The van der Waals surface area contributed by atoms with Gasteiger partial charge in [-0.2, -0.15) is 0 Å². The van der Waals surface area contributed by atoms with Crippen LogP contribution in [0.1, 0.15) is 58.8 Å². The summed E-state index contributed by atoms with van der Waals surface area (Å²) in [7, 11) is 0. The quantitative estimate of drug-likeness (QED) is 0.642. The Balaban J connectivity index is 1.66. The number of aliphatic hydroxyl groups excluding tert-OH is 1. The lowest BCUT2D eigenvalue weighted by molar-refractivity contribution is 0.208. The van der Waals surface area contributed by atoms with Crippen molar-refractivity contribution in [2.75, 3.05) is 26.2 Å². The molecule has 2 fully saturated rings. The second-order valence-electron chi connectivity index (χ2n) is 7.64. The van der Waals surface area contributed by atoms with Crippen molar-refractivity contribution in [1.29, 1.82) is 0 Å². The SMILES string of the molecule is CCC(CC(C)CO)NC(=O)NC1CCN(CC2CCCC2)C1. The summed E-state index contributed by atoms with van der Waals surface area (Å²) in [5.74, 6) is 1.11. The molecule has 2 aliphatic rings. The molecule has 23 heavy (non-hydrogen) atoms. The average Bonchev–Trinajstić information content (AvgIpc) is 3.19. The Hall–Kier alpha value is -0.810. The number of hydrogen-bond acceptors (Lipinski definition) is 3. The van der Waals surface area contributed by atoms with Gasteiger partial charge in [0.25, 0.3) is 0 Å². The Morgan fingerprint density at radius 1 is 1.30 bits per heavy atom. The van der Waals surface area contributed by atoms with Gasteiger partial charge in [0.15, 0.2) is 0 Å². The van der Waals surface area contributed by atoms with Crippen molar-refractivity contribution < 1.29 is 9.90 Å². The summed E-state index contributed by atoms with van der Waals surface area (Å²) in [4.78, 5) is 14.7. The van der Waals surface area contributed by atoms with Crippen LogP contribution in [0.3, 0.4) is 0 Å². The number of rotatable bonds is 8. The third-order valence-electron chi connectivity index (χ3n) is 5.43. The molecule has 1 saturated carbocycles. The summed E-state index contributed by atoms with van der Waals surface area (Å²) in [6.45, 7) is 7.59. The van der Waals surface area contributed by atoms with Gasteiger partial charge in [0.1, 0.15) is 0 Å². The Bertz CT molecular complexity index is 358. The van der Waals surface area contributed by atoms with Crippen molar-refractivity contribution in [1.82, 2.24) is 15.5 Å². The van der Waals surface area contributed by atoms with Gasteiger partial charge in [-0.25, -0.2) is 4.79 Å². The molecule has 1 saturated heterocycles. The molecule has 2 rings (SSSR count). The summed E-state index contributed by atoms with van der Waals surface area (Å²) in [5, 5.41) is 15.4. The largest absolute Gasteiger partial charge is 0.396 e.